The zero-order valence-electron chi connectivity index (χ0n) is 30.4. The number of nitrogens with zero attached hydrogens (tertiary/aromatic N) is 2. The number of H-pyrrole nitrogens is 1. The fraction of sp³-hybridized carbons (Fsp3) is 0.366. The van der Waals surface area contributed by atoms with E-state index in [4.69, 9.17) is 9.47 Å². The van der Waals surface area contributed by atoms with Gasteiger partial charge < -0.3 is 40.6 Å². The summed E-state index contributed by atoms with van der Waals surface area (Å²) in [5, 5.41) is 33.0. The van der Waals surface area contributed by atoms with Crippen LogP contribution in [0.25, 0.3) is 10.9 Å². The summed E-state index contributed by atoms with van der Waals surface area (Å²) in [5.41, 5.74) is 2.68. The number of hydrogen-bond donors (Lipinski definition) is 6. The number of piperidine rings is 3. The molecule has 3 aromatic carbocycles. The van der Waals surface area contributed by atoms with Crippen LogP contribution in [-0.4, -0.2) is 82.5 Å². The van der Waals surface area contributed by atoms with Crippen LogP contribution in [0.3, 0.4) is 0 Å². The number of aromatic hydroxyl groups is 1. The highest BCUT2D eigenvalue weighted by atomic mass is 32.1. The number of hydrogen-bond acceptors (Lipinski definition) is 11. The number of thiazole rings is 1. The fourth-order valence-corrected chi connectivity index (χ4v) is 8.00. The van der Waals surface area contributed by atoms with E-state index < -0.39 is 18.2 Å². The lowest BCUT2D eigenvalue weighted by Crippen LogP contribution is -2.52. The van der Waals surface area contributed by atoms with Gasteiger partial charge in [0, 0.05) is 36.5 Å². The molecule has 13 nitrogen and oxygen atoms in total. The maximum atomic E-state index is 13.2. The Kier molecular flexibility index (Phi) is 12.4. The van der Waals surface area contributed by atoms with E-state index in [1.54, 1.807) is 17.5 Å². The van der Waals surface area contributed by atoms with Crippen molar-refractivity contribution in [2.45, 2.75) is 50.5 Å². The number of rotatable bonds is 16. The van der Waals surface area contributed by atoms with Crippen LogP contribution in [0.15, 0.2) is 89.0 Å². The molecule has 3 aliphatic heterocycles. The third kappa shape index (κ3) is 9.70. The molecular weight excluding hydrogens is 721 g/mol. The molecule has 55 heavy (non-hydrogen) atoms. The number of pyridine rings is 1. The first-order valence-corrected chi connectivity index (χ1v) is 19.6. The molecule has 3 atom stereocenters. The van der Waals surface area contributed by atoms with E-state index in [0.717, 1.165) is 56.4 Å². The minimum absolute atomic E-state index is 0.0516. The first-order chi connectivity index (χ1) is 26.8. The number of fused-ring (bicyclic) bond motifs is 4. The number of amides is 2. The molecule has 0 unspecified atom stereocenters. The number of aliphatic hydroxyl groups excluding tert-OH is 1. The average Bonchev–Trinajstić information content (AvgIpc) is 3.69. The van der Waals surface area contributed by atoms with Crippen LogP contribution >= 0.6 is 11.3 Å². The molecule has 0 saturated carbocycles. The number of benzene rings is 3. The van der Waals surface area contributed by atoms with Gasteiger partial charge in [0.2, 0.25) is 5.56 Å². The monoisotopic (exact) mass is 766 g/mol. The first kappa shape index (κ1) is 38.0. The lowest BCUT2D eigenvalue weighted by molar-refractivity contribution is -0.0336. The molecule has 14 heteroatoms. The molecule has 0 radical (unpaired) electrons. The van der Waals surface area contributed by atoms with Crippen LogP contribution in [-0.2, 0) is 11.3 Å². The van der Waals surface area contributed by atoms with E-state index in [1.807, 2.05) is 54.6 Å². The number of unbranched alkanes of at least 4 members (excludes halogenated alkanes) is 1. The molecule has 2 amide bonds. The second kappa shape index (κ2) is 17.9. The van der Waals surface area contributed by atoms with Gasteiger partial charge >= 0.3 is 6.09 Å². The summed E-state index contributed by atoms with van der Waals surface area (Å²) in [5.74, 6) is 0.718. The summed E-state index contributed by atoms with van der Waals surface area (Å²) in [6.45, 7) is 4.51. The van der Waals surface area contributed by atoms with E-state index in [1.165, 1.54) is 23.5 Å². The quantitative estimate of drug-likeness (QED) is 0.0749. The highest BCUT2D eigenvalue weighted by Gasteiger charge is 2.37. The predicted molar refractivity (Wildman–Crippen MR) is 209 cm³/mol. The number of carbonyl (C=O) groups is 2. The zero-order chi connectivity index (χ0) is 38.1. The summed E-state index contributed by atoms with van der Waals surface area (Å²) in [4.78, 5) is 47.1. The van der Waals surface area contributed by atoms with Crippen molar-refractivity contribution < 1.29 is 29.3 Å². The minimum atomic E-state index is -0.834. The molecule has 0 aliphatic carbocycles. The fourth-order valence-electron chi connectivity index (χ4n) is 7.31. The van der Waals surface area contributed by atoms with Crippen molar-refractivity contribution in [1.82, 2.24) is 30.8 Å². The van der Waals surface area contributed by atoms with Crippen LogP contribution < -0.4 is 26.2 Å². The molecule has 3 aliphatic rings. The van der Waals surface area contributed by atoms with Gasteiger partial charge in [-0.3, -0.25) is 14.5 Å². The van der Waals surface area contributed by atoms with Crippen molar-refractivity contribution in [3.63, 3.8) is 0 Å². The van der Waals surface area contributed by atoms with Gasteiger partial charge in [-0.2, -0.15) is 0 Å². The number of carbonyl (C=O) groups excluding carboxylic acids is 2. The zero-order valence-corrected chi connectivity index (χ0v) is 31.2. The van der Waals surface area contributed by atoms with E-state index in [2.05, 4.69) is 30.8 Å². The van der Waals surface area contributed by atoms with Gasteiger partial charge in [-0.1, -0.05) is 48.5 Å². The number of ether oxygens (including phenoxy) is 2. The van der Waals surface area contributed by atoms with Crippen molar-refractivity contribution in [3.05, 3.63) is 122 Å². The molecule has 0 spiro atoms. The lowest BCUT2D eigenvalue weighted by atomic mass is 9.86. The predicted octanol–water partition coefficient (Wildman–Crippen LogP) is 5.01. The summed E-state index contributed by atoms with van der Waals surface area (Å²) < 4.78 is 12.1. The van der Waals surface area contributed by atoms with Gasteiger partial charge in [-0.15, -0.1) is 11.3 Å². The molecule has 6 N–H and O–H groups in total. The molecule has 3 saturated heterocycles. The van der Waals surface area contributed by atoms with Crippen molar-refractivity contribution in [2.24, 2.45) is 5.92 Å². The Morgan fingerprint density at radius 1 is 0.982 bits per heavy atom. The maximum absolute atomic E-state index is 13.2. The van der Waals surface area contributed by atoms with Crippen molar-refractivity contribution in [2.75, 3.05) is 39.3 Å². The molecule has 2 bridgehead atoms. The molecule has 5 heterocycles. The van der Waals surface area contributed by atoms with E-state index >= 15 is 0 Å². The Balaban J connectivity index is 0.849. The maximum Gasteiger partial charge on any atom is 0.408 e. The average molecular weight is 767 g/mol. The van der Waals surface area contributed by atoms with Crippen molar-refractivity contribution in [1.29, 1.82) is 0 Å². The third-order valence-corrected chi connectivity index (χ3v) is 11.1. The van der Waals surface area contributed by atoms with E-state index in [0.29, 0.717) is 51.9 Å². The molecule has 8 rings (SSSR count). The Labute approximate surface area is 322 Å². The minimum Gasteiger partial charge on any atom is -0.506 e. The van der Waals surface area contributed by atoms with Gasteiger partial charge in [0.25, 0.3) is 5.91 Å². The highest BCUT2D eigenvalue weighted by Crippen LogP contribution is 2.31. The van der Waals surface area contributed by atoms with E-state index in [9.17, 15) is 24.6 Å². The molecular formula is C41H46N6O7S. The Morgan fingerprint density at radius 2 is 1.78 bits per heavy atom. The van der Waals surface area contributed by atoms with Crippen LogP contribution in [0.4, 0.5) is 4.79 Å². The molecule has 2 aromatic heterocycles. The number of nitrogens with one attached hydrogen (secondary N) is 4. The van der Waals surface area contributed by atoms with Crippen LogP contribution in [0.5, 0.6) is 11.5 Å². The summed E-state index contributed by atoms with van der Waals surface area (Å²) in [7, 11) is 0. The highest BCUT2D eigenvalue weighted by molar-refractivity contribution is 7.09. The number of aliphatic hydroxyl groups is 1. The van der Waals surface area contributed by atoms with Crippen LogP contribution in [0.2, 0.25) is 0 Å². The number of aromatic nitrogens is 2. The summed E-state index contributed by atoms with van der Waals surface area (Å²) >= 11 is 1.35. The number of alkyl carbamates (subject to hydrolysis) is 1. The Bertz CT molecular complexity index is 2130. The second-order valence-electron chi connectivity index (χ2n) is 14.0. The van der Waals surface area contributed by atoms with Gasteiger partial charge in [0.05, 0.1) is 17.7 Å². The van der Waals surface area contributed by atoms with Crippen molar-refractivity contribution in [3.8, 4) is 11.5 Å². The van der Waals surface area contributed by atoms with Crippen LogP contribution in [0, 0.1) is 5.92 Å². The number of aromatic amines is 1. The number of phenolic OH excluding ortho intramolecular Hbond substituents is 1. The standard InChI is InChI=1S/C41H46N6O7S/c48-33-13-11-30(31-12-14-36(50)45-39(31)33)34(49)22-42-17-4-5-18-43-40(51)32-25-55-37(44-32)24-53-29-10-6-9-28(21-29)38(27-7-2-1-3-8-27)46-41(52)54-35-23-47-19-15-26(35)16-20-47/h1-3,6-14,21,25-26,34-35,38,42,48-49H,4-5,15-20,22-24H2,(H,43,51)(H,45,50)(H,46,52)/t34-,35-,38-/m0/s1. The number of phenols is 1. The largest absolute Gasteiger partial charge is 0.506 e. The normalized spacial score (nSPS) is 18.7. The molecule has 288 valence electrons. The van der Waals surface area contributed by atoms with Crippen LogP contribution in [0.1, 0.15) is 70.0 Å². The van der Waals surface area contributed by atoms with Gasteiger partial charge in [-0.25, -0.2) is 9.78 Å². The van der Waals surface area contributed by atoms with E-state index in [-0.39, 0.29) is 36.5 Å². The Hall–Kier alpha value is -5.28. The summed E-state index contributed by atoms with van der Waals surface area (Å²) in [6, 6.07) is 23.0. The van der Waals surface area contributed by atoms with Gasteiger partial charge in [0.1, 0.15) is 34.9 Å². The first-order valence-electron chi connectivity index (χ1n) is 18.7. The SMILES string of the molecule is O=C(N[C@@H](c1ccccc1)c1cccc(OCc2nc(C(=O)NCCCCNC[C@H](O)c3ccc(O)c4[nH]c(=O)ccc34)cs2)c1)O[C@H]1CN2CCC1CC2. The topological polar surface area (TPSA) is 178 Å². The lowest BCUT2D eigenvalue weighted by Gasteiger charge is -2.43. The third-order valence-electron chi connectivity index (χ3n) is 10.3. The van der Waals surface area contributed by atoms with Crippen molar-refractivity contribution >= 4 is 34.2 Å². The molecule has 5 aromatic rings. The second-order valence-corrected chi connectivity index (χ2v) is 15.0. The van der Waals surface area contributed by atoms with Gasteiger partial charge in [-0.05, 0) is 92.2 Å². The summed E-state index contributed by atoms with van der Waals surface area (Å²) in [6.07, 6.45) is 2.27. The Morgan fingerprint density at radius 3 is 2.58 bits per heavy atom. The smallest absolute Gasteiger partial charge is 0.408 e. The molecule has 3 fully saturated rings. The van der Waals surface area contributed by atoms with Gasteiger partial charge in [0.15, 0.2) is 0 Å².